The molecule has 4 rings (SSSR count). The van der Waals surface area contributed by atoms with Crippen molar-refractivity contribution in [2.24, 2.45) is 0 Å². The second kappa shape index (κ2) is 8.93. The van der Waals surface area contributed by atoms with E-state index in [2.05, 4.69) is 15.7 Å². The van der Waals surface area contributed by atoms with Crippen LogP contribution in [0.3, 0.4) is 0 Å². The molecular formula is C23H19FN4O2S. The van der Waals surface area contributed by atoms with Gasteiger partial charge in [-0.2, -0.15) is 5.10 Å². The SMILES string of the molecule is Cc1cc(NC(=O)c2cccc(F)c2)sc1C(=O)Nc1ccccc1Cn1cccn1. The molecule has 2 N–H and O–H groups in total. The normalized spacial score (nSPS) is 10.6. The number of benzene rings is 2. The molecule has 0 aliphatic heterocycles. The maximum Gasteiger partial charge on any atom is 0.266 e. The number of para-hydroxylation sites is 1. The second-order valence-corrected chi connectivity index (χ2v) is 7.95. The molecule has 2 aromatic carbocycles. The van der Waals surface area contributed by atoms with Crippen molar-refractivity contribution >= 4 is 33.8 Å². The van der Waals surface area contributed by atoms with E-state index in [-0.39, 0.29) is 11.5 Å². The number of halogens is 1. The highest BCUT2D eigenvalue weighted by molar-refractivity contribution is 7.18. The van der Waals surface area contributed by atoms with Crippen LogP contribution in [0.5, 0.6) is 0 Å². The zero-order valence-corrected chi connectivity index (χ0v) is 17.4. The van der Waals surface area contributed by atoms with Crippen molar-refractivity contribution in [3.63, 3.8) is 0 Å². The first-order chi connectivity index (χ1) is 15.0. The van der Waals surface area contributed by atoms with E-state index >= 15 is 0 Å². The molecule has 2 amide bonds. The molecule has 6 nitrogen and oxygen atoms in total. The molecule has 31 heavy (non-hydrogen) atoms. The Morgan fingerprint density at radius 1 is 1.03 bits per heavy atom. The predicted octanol–water partition coefficient (Wildman–Crippen LogP) is 4.95. The van der Waals surface area contributed by atoms with Gasteiger partial charge >= 0.3 is 0 Å². The van der Waals surface area contributed by atoms with Crippen LogP contribution in [0.2, 0.25) is 0 Å². The summed E-state index contributed by atoms with van der Waals surface area (Å²) < 4.78 is 15.1. The summed E-state index contributed by atoms with van der Waals surface area (Å²) in [6, 6.07) is 16.6. The molecule has 8 heteroatoms. The minimum absolute atomic E-state index is 0.213. The number of carbonyl (C=O) groups is 2. The van der Waals surface area contributed by atoms with Gasteiger partial charge in [0.05, 0.1) is 16.4 Å². The van der Waals surface area contributed by atoms with E-state index in [0.29, 0.717) is 22.1 Å². The van der Waals surface area contributed by atoms with E-state index < -0.39 is 11.7 Å². The largest absolute Gasteiger partial charge is 0.321 e. The van der Waals surface area contributed by atoms with E-state index in [0.717, 1.165) is 11.1 Å². The Hall–Kier alpha value is -3.78. The standard InChI is InChI=1S/C23H19FN4O2S/c1-15-12-20(27-22(29)16-7-4-8-18(24)13-16)31-21(15)23(30)26-19-9-3-2-6-17(19)14-28-11-5-10-25-28/h2-13H,14H2,1H3,(H,26,30)(H,27,29). The minimum atomic E-state index is -0.483. The van der Waals surface area contributed by atoms with Gasteiger partial charge in [0.15, 0.2) is 0 Å². The van der Waals surface area contributed by atoms with Crippen LogP contribution in [0.25, 0.3) is 0 Å². The molecule has 0 bridgehead atoms. The lowest BCUT2D eigenvalue weighted by Gasteiger charge is -2.11. The number of carbonyl (C=O) groups excluding carboxylic acids is 2. The van der Waals surface area contributed by atoms with Crippen molar-refractivity contribution in [1.82, 2.24) is 9.78 Å². The number of nitrogens with zero attached hydrogens (tertiary/aromatic N) is 2. The van der Waals surface area contributed by atoms with Gasteiger partial charge in [-0.3, -0.25) is 14.3 Å². The summed E-state index contributed by atoms with van der Waals surface area (Å²) in [5.74, 6) is -1.18. The first kappa shape index (κ1) is 20.5. The fraction of sp³-hybridized carbons (Fsp3) is 0.0870. The highest BCUT2D eigenvalue weighted by Crippen LogP contribution is 2.28. The fourth-order valence-corrected chi connectivity index (χ4v) is 4.07. The first-order valence-electron chi connectivity index (χ1n) is 9.53. The van der Waals surface area contributed by atoms with Gasteiger partial charge in [-0.25, -0.2) is 4.39 Å². The highest BCUT2D eigenvalue weighted by Gasteiger charge is 2.17. The molecule has 0 radical (unpaired) electrons. The molecule has 4 aromatic rings. The third kappa shape index (κ3) is 4.87. The van der Waals surface area contributed by atoms with Crippen LogP contribution in [0.4, 0.5) is 15.1 Å². The molecule has 0 saturated carbocycles. The molecular weight excluding hydrogens is 415 g/mol. The Morgan fingerprint density at radius 2 is 1.87 bits per heavy atom. The van der Waals surface area contributed by atoms with Crippen molar-refractivity contribution in [2.75, 3.05) is 10.6 Å². The van der Waals surface area contributed by atoms with Crippen molar-refractivity contribution in [2.45, 2.75) is 13.5 Å². The molecule has 2 heterocycles. The average Bonchev–Trinajstić information content (AvgIpc) is 3.39. The predicted molar refractivity (Wildman–Crippen MR) is 119 cm³/mol. The van der Waals surface area contributed by atoms with Gasteiger partial charge < -0.3 is 10.6 Å². The highest BCUT2D eigenvalue weighted by atomic mass is 32.1. The van der Waals surface area contributed by atoms with Gasteiger partial charge in [0.2, 0.25) is 0 Å². The van der Waals surface area contributed by atoms with Gasteiger partial charge in [-0.15, -0.1) is 11.3 Å². The van der Waals surface area contributed by atoms with Crippen LogP contribution < -0.4 is 10.6 Å². The Bertz CT molecular complexity index is 1230. The number of aryl methyl sites for hydroxylation is 1. The summed E-state index contributed by atoms with van der Waals surface area (Å²) in [5, 5.41) is 10.4. The third-order valence-corrected chi connectivity index (χ3v) is 5.76. The third-order valence-electron chi connectivity index (χ3n) is 4.60. The number of rotatable bonds is 6. The summed E-state index contributed by atoms with van der Waals surface area (Å²) >= 11 is 1.17. The maximum atomic E-state index is 13.4. The number of aromatic nitrogens is 2. The average molecular weight is 434 g/mol. The molecule has 0 aliphatic rings. The van der Waals surface area contributed by atoms with Crippen LogP contribution >= 0.6 is 11.3 Å². The lowest BCUT2D eigenvalue weighted by Crippen LogP contribution is -2.14. The molecule has 0 spiro atoms. The zero-order valence-electron chi connectivity index (χ0n) is 16.6. The molecule has 0 fully saturated rings. The van der Waals surface area contributed by atoms with Crippen LogP contribution in [0.15, 0.2) is 73.1 Å². The Labute approximate surface area is 182 Å². The van der Waals surface area contributed by atoms with E-state index in [4.69, 9.17) is 0 Å². The van der Waals surface area contributed by atoms with E-state index in [1.165, 1.54) is 35.6 Å². The zero-order chi connectivity index (χ0) is 21.8. The lowest BCUT2D eigenvalue weighted by molar-refractivity contribution is 0.101. The molecule has 2 aromatic heterocycles. The van der Waals surface area contributed by atoms with Crippen molar-refractivity contribution in [3.8, 4) is 0 Å². The number of hydrogen-bond donors (Lipinski definition) is 2. The van der Waals surface area contributed by atoms with E-state index in [9.17, 15) is 14.0 Å². The molecule has 0 saturated heterocycles. The number of hydrogen-bond acceptors (Lipinski definition) is 4. The molecule has 0 atom stereocenters. The van der Waals surface area contributed by atoms with Crippen LogP contribution in [-0.4, -0.2) is 21.6 Å². The monoisotopic (exact) mass is 434 g/mol. The topological polar surface area (TPSA) is 76.0 Å². The first-order valence-corrected chi connectivity index (χ1v) is 10.4. The fourth-order valence-electron chi connectivity index (χ4n) is 3.11. The minimum Gasteiger partial charge on any atom is -0.321 e. The van der Waals surface area contributed by atoms with Gasteiger partial charge in [-0.05, 0) is 54.4 Å². The summed E-state index contributed by atoms with van der Waals surface area (Å²) in [6.45, 7) is 2.33. The van der Waals surface area contributed by atoms with Gasteiger partial charge in [0.25, 0.3) is 11.8 Å². The number of anilines is 2. The second-order valence-electron chi connectivity index (χ2n) is 6.90. The van der Waals surface area contributed by atoms with Crippen molar-refractivity contribution in [3.05, 3.63) is 100 Å². The quantitative estimate of drug-likeness (QED) is 0.451. The summed E-state index contributed by atoms with van der Waals surface area (Å²) in [5.41, 5.74) is 2.57. The van der Waals surface area contributed by atoms with E-state index in [1.807, 2.05) is 36.5 Å². The Balaban J connectivity index is 1.49. The Morgan fingerprint density at radius 3 is 2.65 bits per heavy atom. The van der Waals surface area contributed by atoms with Crippen LogP contribution in [0, 0.1) is 12.7 Å². The van der Waals surface area contributed by atoms with Crippen LogP contribution in [-0.2, 0) is 6.54 Å². The molecule has 156 valence electrons. The summed E-state index contributed by atoms with van der Waals surface area (Å²) in [4.78, 5) is 25.8. The van der Waals surface area contributed by atoms with Crippen molar-refractivity contribution < 1.29 is 14.0 Å². The molecule has 0 aliphatic carbocycles. The number of amides is 2. The Kier molecular flexibility index (Phi) is 5.90. The maximum absolute atomic E-state index is 13.4. The van der Waals surface area contributed by atoms with Gasteiger partial charge in [-0.1, -0.05) is 24.3 Å². The smallest absolute Gasteiger partial charge is 0.266 e. The van der Waals surface area contributed by atoms with Crippen molar-refractivity contribution in [1.29, 1.82) is 0 Å². The number of nitrogens with one attached hydrogen (secondary N) is 2. The summed E-state index contributed by atoms with van der Waals surface area (Å²) in [6.07, 6.45) is 3.56. The van der Waals surface area contributed by atoms with Gasteiger partial charge in [0.1, 0.15) is 5.82 Å². The van der Waals surface area contributed by atoms with Gasteiger partial charge in [0, 0.05) is 23.6 Å². The molecule has 0 unspecified atom stereocenters. The number of thiophene rings is 1. The van der Waals surface area contributed by atoms with Crippen LogP contribution in [0.1, 0.15) is 31.2 Å². The lowest BCUT2D eigenvalue weighted by atomic mass is 10.1. The summed E-state index contributed by atoms with van der Waals surface area (Å²) in [7, 11) is 0. The van der Waals surface area contributed by atoms with E-state index in [1.54, 1.807) is 23.9 Å².